The average Bonchev–Trinajstić information content (AvgIpc) is 2.77. The van der Waals surface area contributed by atoms with Gasteiger partial charge in [0.25, 0.3) is 0 Å². The Morgan fingerprint density at radius 1 is 1.41 bits per heavy atom. The van der Waals surface area contributed by atoms with Crippen LogP contribution in [-0.2, 0) is 11.3 Å². The molecule has 0 saturated heterocycles. The maximum absolute atomic E-state index is 9.41. The average molecular weight is 238 g/mol. The topological polar surface area (TPSA) is 47.3 Å². The van der Waals surface area contributed by atoms with Crippen molar-refractivity contribution < 1.29 is 9.84 Å². The van der Waals surface area contributed by atoms with Gasteiger partial charge in [-0.25, -0.2) is 0 Å². The number of aromatic nitrogens is 2. The molecule has 0 aromatic carbocycles. The van der Waals surface area contributed by atoms with Crippen molar-refractivity contribution in [1.82, 2.24) is 9.78 Å². The van der Waals surface area contributed by atoms with Crippen molar-refractivity contribution >= 4 is 0 Å². The highest BCUT2D eigenvalue weighted by atomic mass is 16.5. The minimum atomic E-state index is -0.116. The summed E-state index contributed by atoms with van der Waals surface area (Å²) >= 11 is 0. The molecular weight excluding hydrogens is 216 g/mol. The first-order valence-electron chi connectivity index (χ1n) is 6.49. The molecule has 4 nitrogen and oxygen atoms in total. The van der Waals surface area contributed by atoms with Crippen LogP contribution in [0.4, 0.5) is 0 Å². The van der Waals surface area contributed by atoms with Gasteiger partial charge in [-0.3, -0.25) is 4.68 Å². The quantitative estimate of drug-likeness (QED) is 0.875. The molecular formula is C13H22N2O2. The first kappa shape index (κ1) is 12.6. The van der Waals surface area contributed by atoms with Gasteiger partial charge >= 0.3 is 0 Å². The van der Waals surface area contributed by atoms with Crippen molar-refractivity contribution in [2.75, 3.05) is 0 Å². The van der Waals surface area contributed by atoms with Crippen LogP contribution in [0.25, 0.3) is 0 Å². The van der Waals surface area contributed by atoms with Gasteiger partial charge in [0, 0.05) is 12.2 Å². The molecule has 0 amide bonds. The van der Waals surface area contributed by atoms with Crippen LogP contribution >= 0.6 is 0 Å². The molecule has 4 heteroatoms. The maximum atomic E-state index is 9.41. The summed E-state index contributed by atoms with van der Waals surface area (Å²) in [6, 6.07) is 2.41. The van der Waals surface area contributed by atoms with Gasteiger partial charge in [-0.15, -0.1) is 0 Å². The summed E-state index contributed by atoms with van der Waals surface area (Å²) in [6.07, 6.45) is 5.83. The largest absolute Gasteiger partial charge is 0.393 e. The Hall–Kier alpha value is -0.870. The van der Waals surface area contributed by atoms with Gasteiger partial charge in [0.15, 0.2) is 0 Å². The predicted octanol–water partition coefficient (Wildman–Crippen LogP) is 2.28. The smallest absolute Gasteiger partial charge is 0.0910 e. The van der Waals surface area contributed by atoms with Crippen LogP contribution in [0.5, 0.6) is 0 Å². The molecule has 1 aromatic heterocycles. The zero-order valence-electron chi connectivity index (χ0n) is 10.7. The van der Waals surface area contributed by atoms with E-state index in [1.165, 1.54) is 0 Å². The lowest BCUT2D eigenvalue weighted by atomic mass is 9.95. The van der Waals surface area contributed by atoms with Gasteiger partial charge in [-0.1, -0.05) is 0 Å². The van der Waals surface area contributed by atoms with E-state index in [-0.39, 0.29) is 6.10 Å². The van der Waals surface area contributed by atoms with E-state index in [0.29, 0.717) is 18.8 Å². The molecule has 1 aromatic rings. The highest BCUT2D eigenvalue weighted by Gasteiger charge is 2.19. The van der Waals surface area contributed by atoms with Crippen LogP contribution in [-0.4, -0.2) is 27.1 Å². The van der Waals surface area contributed by atoms with Crippen LogP contribution in [0.3, 0.4) is 0 Å². The van der Waals surface area contributed by atoms with Gasteiger partial charge in [0.05, 0.1) is 24.5 Å². The van der Waals surface area contributed by atoms with Crippen molar-refractivity contribution in [2.24, 2.45) is 0 Å². The fraction of sp³-hybridized carbons (Fsp3) is 0.769. The van der Waals surface area contributed by atoms with E-state index >= 15 is 0 Å². The minimum Gasteiger partial charge on any atom is -0.393 e. The third-order valence-electron chi connectivity index (χ3n) is 3.30. The summed E-state index contributed by atoms with van der Waals surface area (Å²) in [5, 5.41) is 13.9. The molecule has 0 spiro atoms. The van der Waals surface area contributed by atoms with Crippen molar-refractivity contribution in [3.05, 3.63) is 18.0 Å². The summed E-state index contributed by atoms with van der Waals surface area (Å²) in [6.45, 7) is 4.81. The zero-order valence-corrected chi connectivity index (χ0v) is 10.7. The Bertz CT molecular complexity index is 341. The summed E-state index contributed by atoms with van der Waals surface area (Å²) < 4.78 is 7.77. The van der Waals surface area contributed by atoms with Crippen LogP contribution in [0.15, 0.2) is 12.3 Å². The molecule has 0 radical (unpaired) electrons. The molecule has 96 valence electrons. The van der Waals surface area contributed by atoms with Crippen molar-refractivity contribution in [3.8, 4) is 0 Å². The van der Waals surface area contributed by atoms with Crippen molar-refractivity contribution in [2.45, 2.75) is 64.4 Å². The van der Waals surface area contributed by atoms with Gasteiger partial charge in [0.2, 0.25) is 0 Å². The molecule has 0 bridgehead atoms. The highest BCUT2D eigenvalue weighted by molar-refractivity contribution is 4.97. The van der Waals surface area contributed by atoms with Gasteiger partial charge in [-0.2, -0.15) is 5.10 Å². The number of nitrogens with zero attached hydrogens (tertiary/aromatic N) is 2. The fourth-order valence-corrected chi connectivity index (χ4v) is 2.16. The molecule has 0 unspecified atom stereocenters. The van der Waals surface area contributed by atoms with Crippen molar-refractivity contribution in [1.29, 1.82) is 0 Å². The Morgan fingerprint density at radius 2 is 2.12 bits per heavy atom. The van der Waals surface area contributed by atoms with Gasteiger partial charge in [-0.05, 0) is 45.6 Å². The van der Waals surface area contributed by atoms with Crippen molar-refractivity contribution in [3.63, 3.8) is 0 Å². The molecule has 0 aliphatic heterocycles. The molecule has 17 heavy (non-hydrogen) atoms. The summed E-state index contributed by atoms with van der Waals surface area (Å²) in [4.78, 5) is 0. The van der Waals surface area contributed by atoms with Crippen LogP contribution in [0.2, 0.25) is 0 Å². The lowest BCUT2D eigenvalue weighted by Gasteiger charge is -2.25. The van der Waals surface area contributed by atoms with Gasteiger partial charge in [0.1, 0.15) is 0 Å². The number of aliphatic hydroxyl groups excluding tert-OH is 1. The number of rotatable bonds is 4. The van der Waals surface area contributed by atoms with E-state index in [4.69, 9.17) is 4.74 Å². The monoisotopic (exact) mass is 238 g/mol. The second-order valence-electron chi connectivity index (χ2n) is 5.12. The van der Waals surface area contributed by atoms with Crippen LogP contribution in [0, 0.1) is 0 Å². The number of ether oxygens (including phenoxy) is 1. The van der Waals surface area contributed by atoms with E-state index in [1.807, 2.05) is 16.9 Å². The zero-order chi connectivity index (χ0) is 12.3. The third kappa shape index (κ3) is 3.54. The van der Waals surface area contributed by atoms with Crippen LogP contribution < -0.4 is 0 Å². The summed E-state index contributed by atoms with van der Waals surface area (Å²) in [5.74, 6) is 0. The van der Waals surface area contributed by atoms with Crippen LogP contribution in [0.1, 0.15) is 51.3 Å². The fourth-order valence-electron chi connectivity index (χ4n) is 2.16. The number of hydrogen-bond donors (Lipinski definition) is 1. The van der Waals surface area contributed by atoms with E-state index in [0.717, 1.165) is 31.4 Å². The van der Waals surface area contributed by atoms with E-state index < -0.39 is 0 Å². The first-order chi connectivity index (χ1) is 8.15. The van der Waals surface area contributed by atoms with E-state index in [2.05, 4.69) is 18.9 Å². The summed E-state index contributed by atoms with van der Waals surface area (Å²) in [5.41, 5.74) is 0.991. The third-order valence-corrected chi connectivity index (χ3v) is 3.30. The Balaban J connectivity index is 1.77. The Kier molecular flexibility index (Phi) is 4.18. The van der Waals surface area contributed by atoms with Gasteiger partial charge < -0.3 is 9.84 Å². The van der Waals surface area contributed by atoms with E-state index in [1.54, 1.807) is 0 Å². The molecule has 1 N–H and O–H groups in total. The second-order valence-corrected chi connectivity index (χ2v) is 5.12. The maximum Gasteiger partial charge on any atom is 0.0910 e. The minimum absolute atomic E-state index is 0.116. The summed E-state index contributed by atoms with van der Waals surface area (Å²) in [7, 11) is 0. The standard InChI is InChI=1S/C13H22N2O2/c1-10(2)15-8-7-11(14-15)9-17-13-5-3-12(16)4-6-13/h7-8,10,12-13,16H,3-6,9H2,1-2H3. The molecule has 1 aliphatic carbocycles. The first-order valence-corrected chi connectivity index (χ1v) is 6.49. The Labute approximate surface area is 103 Å². The number of aliphatic hydroxyl groups is 1. The molecule has 1 saturated carbocycles. The predicted molar refractivity (Wildman–Crippen MR) is 65.7 cm³/mol. The molecule has 1 fully saturated rings. The number of hydrogen-bond acceptors (Lipinski definition) is 3. The SMILES string of the molecule is CC(C)n1ccc(COC2CCC(O)CC2)n1. The molecule has 1 aliphatic rings. The lowest BCUT2D eigenvalue weighted by Crippen LogP contribution is -2.24. The van der Waals surface area contributed by atoms with E-state index in [9.17, 15) is 5.11 Å². The molecule has 0 atom stereocenters. The molecule has 2 rings (SSSR count). The Morgan fingerprint density at radius 3 is 2.71 bits per heavy atom. The second kappa shape index (κ2) is 5.65. The lowest BCUT2D eigenvalue weighted by molar-refractivity contribution is -0.0131. The highest BCUT2D eigenvalue weighted by Crippen LogP contribution is 2.21. The molecule has 1 heterocycles. The normalized spacial score (nSPS) is 25.4.